The van der Waals surface area contributed by atoms with Crippen LogP contribution in [0.5, 0.6) is 0 Å². The van der Waals surface area contributed by atoms with Gasteiger partial charge < -0.3 is 9.67 Å². The van der Waals surface area contributed by atoms with Crippen LogP contribution in [-0.2, 0) is 24.9 Å². The highest BCUT2D eigenvalue weighted by Gasteiger charge is 2.13. The highest BCUT2D eigenvalue weighted by atomic mass is 16.4. The molecule has 0 saturated carbocycles. The SMILES string of the molecule is CC(C(=O)O)c1ccc(CN(C)Cc2nccn2C)cc1. The van der Waals surface area contributed by atoms with E-state index in [0.29, 0.717) is 0 Å². The quantitative estimate of drug-likeness (QED) is 0.885. The van der Waals surface area contributed by atoms with Gasteiger partial charge in [-0.3, -0.25) is 9.69 Å². The molecule has 0 fully saturated rings. The lowest BCUT2D eigenvalue weighted by Crippen LogP contribution is -2.19. The lowest BCUT2D eigenvalue weighted by molar-refractivity contribution is -0.138. The van der Waals surface area contributed by atoms with Gasteiger partial charge in [0.15, 0.2) is 0 Å². The molecule has 0 aliphatic carbocycles. The van der Waals surface area contributed by atoms with Crippen LogP contribution in [-0.4, -0.2) is 32.6 Å². The average molecular weight is 287 g/mol. The molecule has 0 radical (unpaired) electrons. The van der Waals surface area contributed by atoms with E-state index in [9.17, 15) is 4.79 Å². The summed E-state index contributed by atoms with van der Waals surface area (Å²) in [5.41, 5.74) is 1.99. The molecule has 112 valence electrons. The molecule has 5 nitrogen and oxygen atoms in total. The molecular weight excluding hydrogens is 266 g/mol. The summed E-state index contributed by atoms with van der Waals surface area (Å²) >= 11 is 0. The second-order valence-corrected chi connectivity index (χ2v) is 5.43. The molecule has 1 atom stereocenters. The van der Waals surface area contributed by atoms with Crippen LogP contribution >= 0.6 is 0 Å². The number of carbonyl (C=O) groups is 1. The van der Waals surface area contributed by atoms with Crippen LogP contribution < -0.4 is 0 Å². The van der Waals surface area contributed by atoms with Crippen LogP contribution in [0.2, 0.25) is 0 Å². The van der Waals surface area contributed by atoms with Gasteiger partial charge in [-0.1, -0.05) is 24.3 Å². The molecule has 1 unspecified atom stereocenters. The highest BCUT2D eigenvalue weighted by Crippen LogP contribution is 2.17. The number of aliphatic carboxylic acids is 1. The topological polar surface area (TPSA) is 58.4 Å². The maximum absolute atomic E-state index is 11.0. The van der Waals surface area contributed by atoms with Crippen LogP contribution in [0.3, 0.4) is 0 Å². The van der Waals surface area contributed by atoms with Crippen LogP contribution in [0, 0.1) is 0 Å². The van der Waals surface area contributed by atoms with Gasteiger partial charge in [0.25, 0.3) is 0 Å². The van der Waals surface area contributed by atoms with E-state index in [1.807, 2.05) is 49.1 Å². The summed E-state index contributed by atoms with van der Waals surface area (Å²) in [5.74, 6) is -0.243. The second-order valence-electron chi connectivity index (χ2n) is 5.43. The zero-order valence-electron chi connectivity index (χ0n) is 12.7. The molecular formula is C16H21N3O2. The number of carboxylic acids is 1. The predicted octanol–water partition coefficient (Wildman–Crippen LogP) is 2.24. The number of hydrogen-bond acceptors (Lipinski definition) is 3. The third-order valence-corrected chi connectivity index (χ3v) is 3.63. The van der Waals surface area contributed by atoms with Crippen molar-refractivity contribution >= 4 is 5.97 Å². The molecule has 1 heterocycles. The number of hydrogen-bond donors (Lipinski definition) is 1. The zero-order valence-corrected chi connectivity index (χ0v) is 12.7. The summed E-state index contributed by atoms with van der Waals surface area (Å²) in [4.78, 5) is 17.4. The van der Waals surface area contributed by atoms with E-state index in [1.165, 1.54) is 0 Å². The van der Waals surface area contributed by atoms with Crippen molar-refractivity contribution in [3.8, 4) is 0 Å². The van der Waals surface area contributed by atoms with E-state index < -0.39 is 11.9 Å². The minimum atomic E-state index is -0.797. The molecule has 2 rings (SSSR count). The van der Waals surface area contributed by atoms with Crippen molar-refractivity contribution in [2.75, 3.05) is 7.05 Å². The Morgan fingerprint density at radius 3 is 2.52 bits per heavy atom. The normalized spacial score (nSPS) is 12.6. The van der Waals surface area contributed by atoms with Gasteiger partial charge in [0, 0.05) is 26.0 Å². The maximum Gasteiger partial charge on any atom is 0.310 e. The Labute approximate surface area is 124 Å². The minimum Gasteiger partial charge on any atom is -0.481 e. The first-order chi connectivity index (χ1) is 9.97. The Morgan fingerprint density at radius 1 is 1.33 bits per heavy atom. The summed E-state index contributed by atoms with van der Waals surface area (Å²) in [5, 5.41) is 9.00. The van der Waals surface area contributed by atoms with E-state index in [0.717, 1.165) is 30.0 Å². The average Bonchev–Trinajstić information content (AvgIpc) is 2.84. The molecule has 1 aromatic carbocycles. The fraction of sp³-hybridized carbons (Fsp3) is 0.375. The third kappa shape index (κ3) is 3.92. The standard InChI is InChI=1S/C16H21N3O2/c1-12(16(20)21)14-6-4-13(5-7-14)10-18(2)11-15-17-8-9-19(15)3/h4-9,12H,10-11H2,1-3H3,(H,20,21). The Bertz CT molecular complexity index is 604. The first-order valence-corrected chi connectivity index (χ1v) is 6.93. The van der Waals surface area contributed by atoms with Crippen molar-refractivity contribution in [1.82, 2.24) is 14.5 Å². The summed E-state index contributed by atoms with van der Waals surface area (Å²) in [6.07, 6.45) is 3.73. The molecule has 0 amide bonds. The number of aromatic nitrogens is 2. The fourth-order valence-electron chi connectivity index (χ4n) is 2.21. The van der Waals surface area contributed by atoms with Gasteiger partial charge in [0.2, 0.25) is 0 Å². The number of aryl methyl sites for hydroxylation is 1. The largest absolute Gasteiger partial charge is 0.481 e. The van der Waals surface area contributed by atoms with Gasteiger partial charge in [0.1, 0.15) is 5.82 Å². The number of rotatable bonds is 6. The van der Waals surface area contributed by atoms with E-state index in [1.54, 1.807) is 13.1 Å². The first kappa shape index (κ1) is 15.3. The van der Waals surface area contributed by atoms with Crippen molar-refractivity contribution in [2.24, 2.45) is 7.05 Å². The van der Waals surface area contributed by atoms with Crippen molar-refractivity contribution in [3.63, 3.8) is 0 Å². The van der Waals surface area contributed by atoms with E-state index in [4.69, 9.17) is 5.11 Å². The Morgan fingerprint density at radius 2 is 2.00 bits per heavy atom. The summed E-state index contributed by atoms with van der Waals surface area (Å²) in [6, 6.07) is 7.76. The summed E-state index contributed by atoms with van der Waals surface area (Å²) in [7, 11) is 4.03. The molecule has 0 saturated heterocycles. The predicted molar refractivity (Wildman–Crippen MR) is 80.9 cm³/mol. The zero-order chi connectivity index (χ0) is 15.4. The fourth-order valence-corrected chi connectivity index (χ4v) is 2.21. The van der Waals surface area contributed by atoms with Gasteiger partial charge in [-0.25, -0.2) is 4.98 Å². The maximum atomic E-state index is 11.0. The molecule has 0 aliphatic rings. The van der Waals surface area contributed by atoms with E-state index in [-0.39, 0.29) is 0 Å². The second kappa shape index (κ2) is 6.54. The molecule has 1 N–H and O–H groups in total. The summed E-state index contributed by atoms with van der Waals surface area (Å²) < 4.78 is 2.01. The molecule has 21 heavy (non-hydrogen) atoms. The number of benzene rings is 1. The number of nitrogens with zero attached hydrogens (tertiary/aromatic N) is 3. The van der Waals surface area contributed by atoms with Gasteiger partial charge in [0.05, 0.1) is 12.5 Å². The smallest absolute Gasteiger partial charge is 0.310 e. The van der Waals surface area contributed by atoms with E-state index in [2.05, 4.69) is 9.88 Å². The Balaban J connectivity index is 1.97. The Kier molecular flexibility index (Phi) is 4.75. The van der Waals surface area contributed by atoms with Gasteiger partial charge in [-0.05, 0) is 25.1 Å². The monoisotopic (exact) mass is 287 g/mol. The van der Waals surface area contributed by atoms with Gasteiger partial charge >= 0.3 is 5.97 Å². The molecule has 1 aromatic heterocycles. The molecule has 0 spiro atoms. The molecule has 0 aliphatic heterocycles. The molecule has 5 heteroatoms. The first-order valence-electron chi connectivity index (χ1n) is 6.93. The lowest BCUT2D eigenvalue weighted by Gasteiger charge is -2.17. The number of imidazole rings is 1. The van der Waals surface area contributed by atoms with Crippen LogP contribution in [0.25, 0.3) is 0 Å². The van der Waals surface area contributed by atoms with Crippen LogP contribution in [0.15, 0.2) is 36.7 Å². The Hall–Kier alpha value is -2.14. The number of carboxylic acid groups (broad SMARTS) is 1. The summed E-state index contributed by atoms with van der Waals surface area (Å²) in [6.45, 7) is 3.27. The van der Waals surface area contributed by atoms with Crippen LogP contribution in [0.1, 0.15) is 29.8 Å². The minimum absolute atomic E-state index is 0.468. The molecule has 2 aromatic rings. The molecule has 0 bridgehead atoms. The lowest BCUT2D eigenvalue weighted by atomic mass is 10.00. The third-order valence-electron chi connectivity index (χ3n) is 3.63. The highest BCUT2D eigenvalue weighted by molar-refractivity contribution is 5.75. The van der Waals surface area contributed by atoms with Crippen molar-refractivity contribution < 1.29 is 9.90 Å². The van der Waals surface area contributed by atoms with Crippen molar-refractivity contribution in [3.05, 3.63) is 53.6 Å². The van der Waals surface area contributed by atoms with Crippen molar-refractivity contribution in [2.45, 2.75) is 25.9 Å². The van der Waals surface area contributed by atoms with Crippen LogP contribution in [0.4, 0.5) is 0 Å². The van der Waals surface area contributed by atoms with E-state index >= 15 is 0 Å². The van der Waals surface area contributed by atoms with Crippen molar-refractivity contribution in [1.29, 1.82) is 0 Å². The van der Waals surface area contributed by atoms with Gasteiger partial charge in [-0.15, -0.1) is 0 Å². The van der Waals surface area contributed by atoms with Gasteiger partial charge in [-0.2, -0.15) is 0 Å².